The van der Waals surface area contributed by atoms with E-state index in [9.17, 15) is 0 Å². The first-order chi connectivity index (χ1) is 30.2. The predicted molar refractivity (Wildman–Crippen MR) is 258 cm³/mol. The van der Waals surface area contributed by atoms with Crippen LogP contribution in [-0.4, -0.2) is 38.2 Å². The van der Waals surface area contributed by atoms with Crippen molar-refractivity contribution in [2.75, 3.05) is 11.9 Å². The molecule has 0 spiro atoms. The Bertz CT molecular complexity index is 3110. The van der Waals surface area contributed by atoms with E-state index in [1.807, 2.05) is 11.3 Å². The van der Waals surface area contributed by atoms with E-state index >= 15 is 0 Å². The molecule has 62 heavy (non-hydrogen) atoms. The van der Waals surface area contributed by atoms with E-state index in [1.54, 1.807) is 0 Å². The lowest BCUT2D eigenvalue weighted by Gasteiger charge is -2.42. The first-order valence-corrected chi connectivity index (χ1v) is 23.6. The molecular formula is C56H53N5S. The largest absolute Gasteiger partial charge is 0.331 e. The molecule has 0 radical (unpaired) electrons. The molecule has 2 aromatic heterocycles. The summed E-state index contributed by atoms with van der Waals surface area (Å²) in [6.07, 6.45) is 20.2. The van der Waals surface area contributed by atoms with Crippen LogP contribution in [0.3, 0.4) is 0 Å². The van der Waals surface area contributed by atoms with E-state index in [-0.39, 0.29) is 35.5 Å². The summed E-state index contributed by atoms with van der Waals surface area (Å²) in [5.74, 6) is 1.26. The molecule has 10 atom stereocenters. The number of fused-ring (bicyclic) bond motifs is 10. The van der Waals surface area contributed by atoms with Crippen molar-refractivity contribution in [1.29, 1.82) is 0 Å². The normalized spacial score (nSPS) is 32.0. The smallest absolute Gasteiger partial charge is 0.160 e. The Morgan fingerprint density at radius 1 is 0.742 bits per heavy atom. The van der Waals surface area contributed by atoms with Gasteiger partial charge in [-0.3, -0.25) is 4.90 Å². The summed E-state index contributed by atoms with van der Waals surface area (Å²) in [5.41, 5.74) is 12.4. The van der Waals surface area contributed by atoms with Crippen LogP contribution in [0.1, 0.15) is 80.4 Å². The first-order valence-electron chi connectivity index (χ1n) is 22.8. The maximum absolute atomic E-state index is 2.77. The maximum atomic E-state index is 2.77. The molecule has 3 aliphatic carbocycles. The van der Waals surface area contributed by atoms with E-state index in [0.717, 1.165) is 19.3 Å². The van der Waals surface area contributed by atoms with Crippen molar-refractivity contribution in [3.63, 3.8) is 0 Å². The van der Waals surface area contributed by atoms with E-state index in [4.69, 9.17) is 0 Å². The summed E-state index contributed by atoms with van der Waals surface area (Å²) in [4.78, 5) is 5.23. The van der Waals surface area contributed by atoms with E-state index in [0.29, 0.717) is 11.8 Å². The van der Waals surface area contributed by atoms with Gasteiger partial charge in [0.25, 0.3) is 0 Å². The number of para-hydroxylation sites is 2. The van der Waals surface area contributed by atoms with Crippen molar-refractivity contribution in [2.24, 2.45) is 11.8 Å². The third-order valence-electron chi connectivity index (χ3n) is 16.0. The van der Waals surface area contributed by atoms with Crippen molar-refractivity contribution >= 4 is 53.8 Å². The van der Waals surface area contributed by atoms with Gasteiger partial charge in [0.05, 0.1) is 11.1 Å². The lowest BCUT2D eigenvalue weighted by atomic mass is 9.63. The summed E-state index contributed by atoms with van der Waals surface area (Å²) in [6.45, 7) is 9.85. The van der Waals surface area contributed by atoms with Crippen LogP contribution in [0.5, 0.6) is 0 Å². The highest BCUT2D eigenvalue weighted by molar-refractivity contribution is 7.25. The van der Waals surface area contributed by atoms with Gasteiger partial charge in [0.1, 0.15) is 12.3 Å². The van der Waals surface area contributed by atoms with Gasteiger partial charge in [-0.2, -0.15) is 10.0 Å². The fraction of sp³-hybridized carbons (Fsp3) is 0.286. The van der Waals surface area contributed by atoms with Gasteiger partial charge in [-0.05, 0) is 109 Å². The Morgan fingerprint density at radius 3 is 2.39 bits per heavy atom. The van der Waals surface area contributed by atoms with Crippen LogP contribution < -0.4 is 4.90 Å². The van der Waals surface area contributed by atoms with Crippen LogP contribution in [-0.2, 0) is 18.3 Å². The van der Waals surface area contributed by atoms with Crippen molar-refractivity contribution < 1.29 is 0 Å². The molecule has 0 saturated carbocycles. The molecule has 13 rings (SSSR count). The van der Waals surface area contributed by atoms with Crippen molar-refractivity contribution in [3.8, 4) is 0 Å². The van der Waals surface area contributed by atoms with Crippen LogP contribution in [0.25, 0.3) is 31.1 Å². The number of hydrogen-bond acceptors (Lipinski definition) is 5. The van der Waals surface area contributed by atoms with Crippen LogP contribution in [0.15, 0.2) is 163 Å². The molecule has 0 bridgehead atoms. The highest BCUT2D eigenvalue weighted by Crippen LogP contribution is 2.60. The number of nitrogens with zero attached hydrogens (tertiary/aromatic N) is 5. The van der Waals surface area contributed by atoms with Crippen LogP contribution >= 0.6 is 11.3 Å². The van der Waals surface area contributed by atoms with Crippen LogP contribution in [0, 0.1) is 11.8 Å². The first kappa shape index (κ1) is 37.1. The predicted octanol–water partition coefficient (Wildman–Crippen LogP) is 13.3. The minimum Gasteiger partial charge on any atom is -0.331 e. The number of aromatic nitrogens is 1. The number of likely N-dealkylation sites (N-methyl/N-ethyl adjacent to an activating group) is 1. The Balaban J connectivity index is 0.939. The number of hydrazine groups is 1. The number of allylic oxidation sites excluding steroid dienone is 4. The zero-order chi connectivity index (χ0) is 41.6. The van der Waals surface area contributed by atoms with Gasteiger partial charge < -0.3 is 9.47 Å². The summed E-state index contributed by atoms with van der Waals surface area (Å²) >= 11 is 1.92. The molecule has 6 aliphatic rings. The van der Waals surface area contributed by atoms with Gasteiger partial charge in [-0.15, -0.1) is 11.3 Å². The van der Waals surface area contributed by atoms with Gasteiger partial charge in [-0.25, -0.2) is 0 Å². The Morgan fingerprint density at radius 2 is 1.53 bits per heavy atom. The van der Waals surface area contributed by atoms with Crippen molar-refractivity contribution in [2.45, 2.75) is 82.5 Å². The molecule has 2 saturated heterocycles. The van der Waals surface area contributed by atoms with Crippen LogP contribution in [0.2, 0.25) is 0 Å². The molecule has 0 N–H and O–H groups in total. The number of anilines is 2. The molecule has 308 valence electrons. The molecular weight excluding hydrogens is 775 g/mol. The van der Waals surface area contributed by atoms with Gasteiger partial charge in [0.2, 0.25) is 0 Å². The zero-order valence-electron chi connectivity index (χ0n) is 36.2. The molecule has 7 aromatic rings. The Labute approximate surface area is 369 Å². The van der Waals surface area contributed by atoms with E-state index < -0.39 is 0 Å². The van der Waals surface area contributed by atoms with Gasteiger partial charge in [-0.1, -0.05) is 142 Å². The highest BCUT2D eigenvalue weighted by atomic mass is 32.1. The third kappa shape index (κ3) is 5.06. The molecule has 5 nitrogen and oxygen atoms in total. The molecule has 5 heterocycles. The van der Waals surface area contributed by atoms with Crippen LogP contribution in [0.4, 0.5) is 11.4 Å². The topological polar surface area (TPSA) is 17.4 Å². The molecule has 6 heteroatoms. The van der Waals surface area contributed by atoms with E-state index in [2.05, 4.69) is 217 Å². The Kier molecular flexibility index (Phi) is 7.93. The molecule has 10 unspecified atom stereocenters. The third-order valence-corrected chi connectivity index (χ3v) is 17.1. The maximum Gasteiger partial charge on any atom is 0.160 e. The van der Waals surface area contributed by atoms with Gasteiger partial charge >= 0.3 is 0 Å². The fourth-order valence-corrected chi connectivity index (χ4v) is 13.8. The minimum atomic E-state index is -0.164. The summed E-state index contributed by atoms with van der Waals surface area (Å²) in [6, 6.07) is 43.9. The minimum absolute atomic E-state index is 0.0280. The standard InChI is InChI=1S/C56H53N5S/c1-35-16-15-17-37(30-35)52-57(5)54(61-53(60(52)61)38-25-27-43-42-21-10-12-24-50(42)62-51(43)32-38)58-47-23-11-9-20-41(47)44-31-36(2)55(3,34-49(44)58)39-26-28-48-45(33-39)46-22-13-14-29-56(46,4)59(48)40-18-7-6-8-19-40/h6-15,17-30,32-33,35-36,46,52-54H,16,31,34H2,1-5H3. The fourth-order valence-electron chi connectivity index (χ4n) is 12.6. The van der Waals surface area contributed by atoms with Gasteiger partial charge in [0, 0.05) is 54.0 Å². The zero-order valence-corrected chi connectivity index (χ0v) is 37.1. The molecule has 3 aliphatic heterocycles. The molecule has 2 fully saturated rings. The monoisotopic (exact) mass is 827 g/mol. The highest BCUT2D eigenvalue weighted by Gasteiger charge is 2.64. The lowest BCUT2D eigenvalue weighted by molar-refractivity contribution is 0.102. The lowest BCUT2D eigenvalue weighted by Crippen LogP contribution is -2.42. The summed E-state index contributed by atoms with van der Waals surface area (Å²) in [7, 11) is 2.37. The second kappa shape index (κ2) is 13.3. The molecule has 0 amide bonds. The second-order valence-corrected chi connectivity index (χ2v) is 20.6. The summed E-state index contributed by atoms with van der Waals surface area (Å²) in [5, 5.41) is 9.52. The average molecular weight is 828 g/mol. The van der Waals surface area contributed by atoms with Gasteiger partial charge in [0.15, 0.2) is 6.29 Å². The number of hydrogen-bond donors (Lipinski definition) is 0. The Hall–Kier alpha value is -5.50. The number of benzene rings is 5. The molecule has 5 aromatic carbocycles. The van der Waals surface area contributed by atoms with Crippen molar-refractivity contribution in [3.05, 3.63) is 191 Å². The number of thiophene rings is 1. The van der Waals surface area contributed by atoms with E-state index in [1.165, 1.54) is 76.0 Å². The average Bonchev–Trinajstić information content (AvgIpc) is 3.48. The number of rotatable bonds is 5. The summed E-state index contributed by atoms with van der Waals surface area (Å²) < 4.78 is 5.50. The second-order valence-electron chi connectivity index (χ2n) is 19.6. The SMILES string of the molecule is CC1C=C(C2N(C)C(n3c4c(c5ccccc53)CC(C)C(C)(c3ccc5c(c3)C3C=CC=CC3(C)N5c3ccccc3)C4)N3C(c4ccc5c(c4)sc4ccccc45)N23)C=CC1. The quantitative estimate of drug-likeness (QED) is 0.161. The van der Waals surface area contributed by atoms with Crippen molar-refractivity contribution in [1.82, 2.24) is 19.5 Å².